The number of carbonyl (C=O) groups excluding carboxylic acids is 1. The molecule has 4 N–H and O–H groups in total. The molecule has 0 aromatic heterocycles. The number of benzene rings is 2. The number of hydrogen-bond acceptors (Lipinski definition) is 4. The van der Waals surface area contributed by atoms with Crippen molar-refractivity contribution in [2.75, 3.05) is 25.4 Å². The molecule has 0 radical (unpaired) electrons. The van der Waals surface area contributed by atoms with Crippen molar-refractivity contribution in [1.29, 1.82) is 0 Å². The fourth-order valence-corrected chi connectivity index (χ4v) is 5.06. The van der Waals surface area contributed by atoms with Crippen LogP contribution in [-0.4, -0.2) is 58.7 Å². The molecule has 2 aromatic carbocycles. The predicted octanol–water partition coefficient (Wildman–Crippen LogP) is 4.13. The van der Waals surface area contributed by atoms with Crippen molar-refractivity contribution in [1.82, 2.24) is 5.32 Å². The second-order valence-electron chi connectivity index (χ2n) is 9.57. The lowest BCUT2D eigenvalue weighted by atomic mass is 10.0. The number of aliphatic hydroxyl groups is 1. The maximum absolute atomic E-state index is 13.1. The van der Waals surface area contributed by atoms with Crippen LogP contribution >= 0.6 is 11.8 Å². The molecule has 3 rings (SSSR count). The Balaban J connectivity index is 1.62. The molecule has 164 valence electrons. The molecule has 1 aliphatic heterocycles. The van der Waals surface area contributed by atoms with Crippen molar-refractivity contribution in [2.45, 2.75) is 62.6 Å². The number of aliphatic hydroxyl groups excluding tert-OH is 1. The molecule has 0 bridgehead atoms. The van der Waals surface area contributed by atoms with Gasteiger partial charge in [0.25, 0.3) is 0 Å². The highest BCUT2D eigenvalue weighted by molar-refractivity contribution is 7.99. The van der Waals surface area contributed by atoms with E-state index < -0.39 is 6.10 Å². The van der Waals surface area contributed by atoms with Gasteiger partial charge in [0.05, 0.1) is 13.1 Å². The van der Waals surface area contributed by atoms with Crippen LogP contribution in [0.2, 0.25) is 0 Å². The molecule has 2 amide bonds. The Labute approximate surface area is 184 Å². The molecule has 2 aromatic rings. The zero-order valence-electron chi connectivity index (χ0n) is 18.4. The highest BCUT2D eigenvalue weighted by Crippen LogP contribution is 2.26. The lowest BCUT2D eigenvalue weighted by Crippen LogP contribution is -2.66. The Bertz CT molecular complexity index is 859. The molecule has 6 heteroatoms. The molecule has 1 fully saturated rings. The highest BCUT2D eigenvalue weighted by Gasteiger charge is 2.42. The van der Waals surface area contributed by atoms with Gasteiger partial charge < -0.3 is 16.2 Å². The van der Waals surface area contributed by atoms with Gasteiger partial charge in [0, 0.05) is 22.2 Å². The smallest absolute Gasteiger partial charge is 0.386 e. The van der Waals surface area contributed by atoms with E-state index >= 15 is 0 Å². The van der Waals surface area contributed by atoms with E-state index in [1.54, 1.807) is 11.8 Å². The number of urea groups is 1. The summed E-state index contributed by atoms with van der Waals surface area (Å²) in [5, 5.41) is 16.4. The van der Waals surface area contributed by atoms with E-state index in [1.807, 2.05) is 32.9 Å². The average molecular weight is 431 g/mol. The van der Waals surface area contributed by atoms with Crippen LogP contribution in [0.3, 0.4) is 0 Å². The van der Waals surface area contributed by atoms with Gasteiger partial charge in [-0.05, 0) is 62.9 Å². The Morgan fingerprint density at radius 3 is 2.47 bits per heavy atom. The summed E-state index contributed by atoms with van der Waals surface area (Å²) in [6.07, 6.45) is 2.43. The molecule has 0 unspecified atom stereocenters. The zero-order valence-corrected chi connectivity index (χ0v) is 19.3. The third-order valence-electron chi connectivity index (χ3n) is 5.78. The van der Waals surface area contributed by atoms with Crippen LogP contribution in [0.15, 0.2) is 47.4 Å². The molecule has 0 saturated carbocycles. The van der Waals surface area contributed by atoms with Crippen LogP contribution in [-0.2, 0) is 0 Å². The monoisotopic (exact) mass is 430 g/mol. The van der Waals surface area contributed by atoms with E-state index in [9.17, 15) is 9.90 Å². The first-order valence-electron chi connectivity index (χ1n) is 10.9. The van der Waals surface area contributed by atoms with Gasteiger partial charge in [0.15, 0.2) is 0 Å². The van der Waals surface area contributed by atoms with Gasteiger partial charge in [-0.3, -0.25) is 0 Å². The third kappa shape index (κ3) is 5.97. The summed E-state index contributed by atoms with van der Waals surface area (Å²) in [4.78, 5) is 14.2. The van der Waals surface area contributed by atoms with Crippen molar-refractivity contribution < 1.29 is 14.4 Å². The number of hydrogen-bond donors (Lipinski definition) is 3. The maximum atomic E-state index is 13.1. The van der Waals surface area contributed by atoms with Gasteiger partial charge in [0.2, 0.25) is 0 Å². The van der Waals surface area contributed by atoms with Crippen LogP contribution < -0.4 is 11.1 Å². The van der Waals surface area contributed by atoms with Crippen LogP contribution in [0, 0.1) is 0 Å². The van der Waals surface area contributed by atoms with E-state index in [1.165, 1.54) is 10.8 Å². The summed E-state index contributed by atoms with van der Waals surface area (Å²) < 4.78 is 0.285. The van der Waals surface area contributed by atoms with E-state index in [2.05, 4.69) is 35.6 Å². The second-order valence-corrected chi connectivity index (χ2v) is 10.7. The quantitative estimate of drug-likeness (QED) is 0.476. The summed E-state index contributed by atoms with van der Waals surface area (Å²) in [7, 11) is 0. The minimum Gasteiger partial charge on any atom is -0.386 e. The van der Waals surface area contributed by atoms with Crippen LogP contribution in [0.4, 0.5) is 4.79 Å². The number of fused-ring (bicyclic) bond motifs is 1. The van der Waals surface area contributed by atoms with Crippen molar-refractivity contribution >= 4 is 28.6 Å². The molecule has 0 spiro atoms. The van der Waals surface area contributed by atoms with E-state index in [0.717, 1.165) is 37.2 Å². The Morgan fingerprint density at radius 2 is 1.80 bits per heavy atom. The molecule has 1 saturated heterocycles. The Morgan fingerprint density at radius 1 is 1.13 bits per heavy atom. The molecular weight excluding hydrogens is 394 g/mol. The molecule has 30 heavy (non-hydrogen) atoms. The SMILES string of the molecule is CC(C)(C)NC(=O)[N+]1(C[C@@H](O)[C@@H](N)CSc2ccc3ccccc3c2)CCCCC1. The van der Waals surface area contributed by atoms with Crippen molar-refractivity contribution in [3.05, 3.63) is 42.5 Å². The topological polar surface area (TPSA) is 75.3 Å². The molecular formula is C24H36N3O2S+. The first-order valence-corrected chi connectivity index (χ1v) is 11.9. The molecule has 5 nitrogen and oxygen atoms in total. The minimum absolute atomic E-state index is 0.00984. The minimum atomic E-state index is -0.721. The first kappa shape index (κ1) is 23.1. The summed E-state index contributed by atoms with van der Waals surface area (Å²) in [6.45, 7) is 7.89. The van der Waals surface area contributed by atoms with Gasteiger partial charge in [0.1, 0.15) is 12.6 Å². The van der Waals surface area contributed by atoms with Crippen LogP contribution in [0.25, 0.3) is 10.8 Å². The summed E-state index contributed by atoms with van der Waals surface area (Å²) in [5.74, 6) is 0.612. The van der Waals surface area contributed by atoms with Gasteiger partial charge in [-0.2, -0.15) is 0 Å². The number of nitrogens with zero attached hydrogens (tertiary/aromatic N) is 1. The van der Waals surface area contributed by atoms with Gasteiger partial charge in [-0.15, -0.1) is 11.8 Å². The number of piperidine rings is 1. The number of carbonyl (C=O) groups is 1. The summed E-state index contributed by atoms with van der Waals surface area (Å²) in [5.41, 5.74) is 6.08. The van der Waals surface area contributed by atoms with Crippen molar-refractivity contribution in [3.8, 4) is 0 Å². The second kappa shape index (κ2) is 9.69. The van der Waals surface area contributed by atoms with Crippen molar-refractivity contribution in [2.24, 2.45) is 5.73 Å². The Kier molecular flexibility index (Phi) is 7.45. The number of nitrogens with two attached hydrogens (primary N) is 1. The van der Waals surface area contributed by atoms with E-state index in [0.29, 0.717) is 12.3 Å². The maximum Gasteiger partial charge on any atom is 0.417 e. The van der Waals surface area contributed by atoms with Gasteiger partial charge in [-0.1, -0.05) is 30.3 Å². The Hall–Kier alpha value is -1.60. The molecule has 1 aliphatic rings. The lowest BCUT2D eigenvalue weighted by molar-refractivity contribution is -0.859. The van der Waals surface area contributed by atoms with E-state index in [4.69, 9.17) is 5.73 Å². The number of amides is 2. The van der Waals surface area contributed by atoms with Crippen LogP contribution in [0.1, 0.15) is 40.0 Å². The molecule has 1 heterocycles. The standard InChI is InChI=1S/C24H35N3O2S/c1-24(2,3)26-23(29)27(13-7-4-8-14-27)16-22(28)21(25)17-30-20-12-11-18-9-5-6-10-19(18)15-20/h5-6,9-12,15,21-22,28H,4,7-8,13-14,16-17,25H2,1-3H3/p+1/t21-,22+/m0/s1. The summed E-state index contributed by atoms with van der Waals surface area (Å²) >= 11 is 1.66. The summed E-state index contributed by atoms with van der Waals surface area (Å²) in [6, 6.07) is 14.3. The average Bonchev–Trinajstić information content (AvgIpc) is 2.71. The normalized spacial score (nSPS) is 18.7. The molecule has 0 aliphatic carbocycles. The number of rotatable bonds is 6. The number of likely N-dealkylation sites (tertiary alicyclic amines) is 1. The van der Waals surface area contributed by atoms with Gasteiger partial charge >= 0.3 is 6.03 Å². The first-order chi connectivity index (χ1) is 14.2. The number of nitrogens with one attached hydrogen (secondary N) is 1. The zero-order chi connectivity index (χ0) is 21.8. The largest absolute Gasteiger partial charge is 0.417 e. The number of thioether (sulfide) groups is 1. The van der Waals surface area contributed by atoms with E-state index in [-0.39, 0.29) is 22.1 Å². The fourth-order valence-electron chi connectivity index (χ4n) is 4.08. The predicted molar refractivity (Wildman–Crippen MR) is 126 cm³/mol. The van der Waals surface area contributed by atoms with Crippen molar-refractivity contribution in [3.63, 3.8) is 0 Å². The molecule has 2 atom stereocenters. The highest BCUT2D eigenvalue weighted by atomic mass is 32.2. The third-order valence-corrected chi connectivity index (χ3v) is 6.92. The van der Waals surface area contributed by atoms with Crippen LogP contribution in [0.5, 0.6) is 0 Å². The van der Waals surface area contributed by atoms with Gasteiger partial charge in [-0.25, -0.2) is 9.28 Å². The lowest BCUT2D eigenvalue weighted by Gasteiger charge is -2.42. The fraction of sp³-hybridized carbons (Fsp3) is 0.542. The number of quaternary nitrogens is 1.